The van der Waals surface area contributed by atoms with Gasteiger partial charge >= 0.3 is 0 Å². The number of carbonyl (C=O) groups is 1. The maximum absolute atomic E-state index is 12.9. The molecule has 3 rings (SSSR count). The molecule has 0 saturated heterocycles. The van der Waals surface area contributed by atoms with Crippen LogP contribution in [0.1, 0.15) is 21.0 Å². The predicted molar refractivity (Wildman–Crippen MR) is 90.7 cm³/mol. The van der Waals surface area contributed by atoms with E-state index in [0.29, 0.717) is 18.7 Å². The van der Waals surface area contributed by atoms with Crippen molar-refractivity contribution in [2.24, 2.45) is 0 Å². The summed E-state index contributed by atoms with van der Waals surface area (Å²) in [7, 11) is 0. The number of benzene rings is 1. The predicted octanol–water partition coefficient (Wildman–Crippen LogP) is 4.95. The van der Waals surface area contributed by atoms with Crippen molar-refractivity contribution in [3.8, 4) is 0 Å². The van der Waals surface area contributed by atoms with E-state index in [4.69, 9.17) is 4.42 Å². The Morgan fingerprint density at radius 3 is 2.64 bits per heavy atom. The van der Waals surface area contributed by atoms with Crippen molar-refractivity contribution in [2.45, 2.75) is 13.1 Å². The zero-order chi connectivity index (χ0) is 15.4. The molecule has 0 bridgehead atoms. The van der Waals surface area contributed by atoms with Gasteiger partial charge < -0.3 is 9.32 Å². The van der Waals surface area contributed by atoms with Crippen LogP contribution < -0.4 is 0 Å². The lowest BCUT2D eigenvalue weighted by Gasteiger charge is -2.21. The fraction of sp³-hybridized carbons (Fsp3) is 0.118. The lowest BCUT2D eigenvalue weighted by Crippen LogP contribution is -2.30. The van der Waals surface area contributed by atoms with E-state index in [1.807, 2.05) is 53.9 Å². The van der Waals surface area contributed by atoms with Gasteiger partial charge in [0.2, 0.25) is 0 Å². The van der Waals surface area contributed by atoms with Gasteiger partial charge in [0.1, 0.15) is 5.76 Å². The van der Waals surface area contributed by atoms with Gasteiger partial charge in [0, 0.05) is 9.35 Å². The quantitative estimate of drug-likeness (QED) is 0.632. The van der Waals surface area contributed by atoms with Crippen LogP contribution in [0.2, 0.25) is 0 Å². The second kappa shape index (κ2) is 6.94. The van der Waals surface area contributed by atoms with Crippen molar-refractivity contribution in [3.63, 3.8) is 0 Å². The maximum Gasteiger partial charge on any atom is 0.255 e. The SMILES string of the molecule is O=C(c1ccccc1Br)N(Cc1ccco1)Cc1cccs1. The molecule has 0 atom stereocenters. The summed E-state index contributed by atoms with van der Waals surface area (Å²) in [6.45, 7) is 1.02. The number of amides is 1. The summed E-state index contributed by atoms with van der Waals surface area (Å²) >= 11 is 5.10. The van der Waals surface area contributed by atoms with Crippen molar-refractivity contribution in [2.75, 3.05) is 0 Å². The summed E-state index contributed by atoms with van der Waals surface area (Å²) in [5.74, 6) is 0.759. The molecule has 0 saturated carbocycles. The molecule has 2 aromatic heterocycles. The van der Waals surface area contributed by atoms with Crippen LogP contribution in [0.5, 0.6) is 0 Å². The van der Waals surface area contributed by atoms with Gasteiger partial charge in [-0.05, 0) is 51.6 Å². The van der Waals surface area contributed by atoms with Gasteiger partial charge in [-0.3, -0.25) is 4.79 Å². The van der Waals surface area contributed by atoms with E-state index in [1.165, 1.54) is 0 Å². The molecule has 0 radical (unpaired) electrons. The Morgan fingerprint density at radius 2 is 1.95 bits per heavy atom. The molecule has 3 aromatic rings. The molecule has 0 aliphatic rings. The highest BCUT2D eigenvalue weighted by molar-refractivity contribution is 9.10. The van der Waals surface area contributed by atoms with E-state index >= 15 is 0 Å². The largest absolute Gasteiger partial charge is 0.467 e. The zero-order valence-corrected chi connectivity index (χ0v) is 14.1. The summed E-state index contributed by atoms with van der Waals surface area (Å²) in [6, 6.07) is 15.2. The Balaban J connectivity index is 1.87. The molecule has 1 aromatic carbocycles. The van der Waals surface area contributed by atoms with Crippen molar-refractivity contribution in [1.82, 2.24) is 4.90 Å². The molecular formula is C17H14BrNO2S. The van der Waals surface area contributed by atoms with Crippen LogP contribution in [-0.2, 0) is 13.1 Å². The monoisotopic (exact) mass is 375 g/mol. The highest BCUT2D eigenvalue weighted by atomic mass is 79.9. The molecule has 0 aliphatic carbocycles. The standard InChI is InChI=1S/C17H14BrNO2S/c18-16-8-2-1-7-15(16)17(20)19(11-13-5-3-9-21-13)12-14-6-4-10-22-14/h1-10H,11-12H2. The lowest BCUT2D eigenvalue weighted by atomic mass is 10.2. The van der Waals surface area contributed by atoms with Gasteiger partial charge in [-0.2, -0.15) is 0 Å². The summed E-state index contributed by atoms with van der Waals surface area (Å²) in [4.78, 5) is 15.8. The highest BCUT2D eigenvalue weighted by Crippen LogP contribution is 2.22. The Kier molecular flexibility index (Phi) is 4.75. The topological polar surface area (TPSA) is 33.5 Å². The number of hydrogen-bond donors (Lipinski definition) is 0. The van der Waals surface area contributed by atoms with Gasteiger partial charge in [-0.25, -0.2) is 0 Å². The second-order valence-electron chi connectivity index (χ2n) is 4.80. The van der Waals surface area contributed by atoms with Crippen molar-refractivity contribution >= 4 is 33.2 Å². The second-order valence-corrected chi connectivity index (χ2v) is 6.69. The minimum Gasteiger partial charge on any atom is -0.467 e. The average molecular weight is 376 g/mol. The molecule has 2 heterocycles. The maximum atomic E-state index is 12.9. The Bertz CT molecular complexity index is 702. The van der Waals surface area contributed by atoms with E-state index in [1.54, 1.807) is 22.5 Å². The molecule has 0 fully saturated rings. The number of nitrogens with zero attached hydrogens (tertiary/aromatic N) is 1. The van der Waals surface area contributed by atoms with Gasteiger partial charge in [-0.1, -0.05) is 18.2 Å². The normalized spacial score (nSPS) is 10.6. The fourth-order valence-corrected chi connectivity index (χ4v) is 3.36. The first-order valence-electron chi connectivity index (χ1n) is 6.82. The number of thiophene rings is 1. The smallest absolute Gasteiger partial charge is 0.255 e. The third-order valence-corrected chi connectivity index (χ3v) is 4.80. The molecule has 1 amide bonds. The Hall–Kier alpha value is -1.85. The first-order valence-corrected chi connectivity index (χ1v) is 8.50. The third-order valence-electron chi connectivity index (χ3n) is 3.25. The lowest BCUT2D eigenvalue weighted by molar-refractivity contribution is 0.0718. The van der Waals surface area contributed by atoms with Crippen LogP contribution >= 0.6 is 27.3 Å². The van der Waals surface area contributed by atoms with Crippen molar-refractivity contribution in [3.05, 3.63) is 80.8 Å². The molecule has 5 heteroatoms. The van der Waals surface area contributed by atoms with Gasteiger partial charge in [-0.15, -0.1) is 11.3 Å². The Labute approximate surface area is 141 Å². The van der Waals surface area contributed by atoms with Gasteiger partial charge in [0.25, 0.3) is 5.91 Å². The molecular weight excluding hydrogens is 362 g/mol. The van der Waals surface area contributed by atoms with Gasteiger partial charge in [0.05, 0.1) is 24.9 Å². The van der Waals surface area contributed by atoms with Crippen LogP contribution in [0.25, 0.3) is 0 Å². The van der Waals surface area contributed by atoms with E-state index in [2.05, 4.69) is 15.9 Å². The molecule has 3 nitrogen and oxygen atoms in total. The fourth-order valence-electron chi connectivity index (χ4n) is 2.19. The third kappa shape index (κ3) is 3.48. The number of carbonyl (C=O) groups excluding carboxylic acids is 1. The van der Waals surface area contributed by atoms with Crippen LogP contribution in [-0.4, -0.2) is 10.8 Å². The molecule has 0 N–H and O–H groups in total. The van der Waals surface area contributed by atoms with E-state index in [0.717, 1.165) is 15.1 Å². The summed E-state index contributed by atoms with van der Waals surface area (Å²) < 4.78 is 6.20. The number of halogens is 1. The number of rotatable bonds is 5. The van der Waals surface area contributed by atoms with Crippen LogP contribution in [0.3, 0.4) is 0 Å². The van der Waals surface area contributed by atoms with Gasteiger partial charge in [0.15, 0.2) is 0 Å². The molecule has 22 heavy (non-hydrogen) atoms. The molecule has 0 spiro atoms. The van der Waals surface area contributed by atoms with Crippen LogP contribution in [0.4, 0.5) is 0 Å². The van der Waals surface area contributed by atoms with Crippen LogP contribution in [0, 0.1) is 0 Å². The van der Waals surface area contributed by atoms with E-state index < -0.39 is 0 Å². The first kappa shape index (κ1) is 15.1. The molecule has 0 aliphatic heterocycles. The van der Waals surface area contributed by atoms with Crippen LogP contribution in [0.15, 0.2) is 69.1 Å². The number of furan rings is 1. The van der Waals surface area contributed by atoms with E-state index in [-0.39, 0.29) is 5.91 Å². The molecule has 112 valence electrons. The minimum atomic E-state index is -0.0164. The summed E-state index contributed by atoms with van der Waals surface area (Å²) in [5.41, 5.74) is 0.658. The van der Waals surface area contributed by atoms with E-state index in [9.17, 15) is 4.79 Å². The number of hydrogen-bond acceptors (Lipinski definition) is 3. The average Bonchev–Trinajstić information content (AvgIpc) is 3.20. The highest BCUT2D eigenvalue weighted by Gasteiger charge is 2.20. The Morgan fingerprint density at radius 1 is 1.09 bits per heavy atom. The zero-order valence-electron chi connectivity index (χ0n) is 11.7. The van der Waals surface area contributed by atoms with Crippen molar-refractivity contribution in [1.29, 1.82) is 0 Å². The summed E-state index contributed by atoms with van der Waals surface area (Å²) in [6.07, 6.45) is 1.63. The first-order chi connectivity index (χ1) is 10.7. The summed E-state index contributed by atoms with van der Waals surface area (Å²) in [5, 5.41) is 2.02. The molecule has 0 unspecified atom stereocenters. The minimum absolute atomic E-state index is 0.0164. The van der Waals surface area contributed by atoms with Crippen molar-refractivity contribution < 1.29 is 9.21 Å².